The molecule has 0 saturated heterocycles. The second kappa shape index (κ2) is 7.90. The fraction of sp³-hybridized carbons (Fsp3) is 0.176. The van der Waals surface area contributed by atoms with Gasteiger partial charge in [0.2, 0.25) is 0 Å². The quantitative estimate of drug-likeness (QED) is 0.635. The number of ether oxygens (including phenoxy) is 1. The molecule has 0 aliphatic rings. The van der Waals surface area contributed by atoms with Crippen molar-refractivity contribution in [1.29, 1.82) is 5.26 Å². The molecule has 3 N–H and O–H groups in total. The zero-order valence-corrected chi connectivity index (χ0v) is 13.5. The Labute approximate surface area is 144 Å². The molecule has 0 aliphatic carbocycles. The van der Waals surface area contributed by atoms with E-state index in [9.17, 15) is 0 Å². The summed E-state index contributed by atoms with van der Waals surface area (Å²) in [7, 11) is 0. The van der Waals surface area contributed by atoms with Gasteiger partial charge >= 0.3 is 0 Å². The number of nitrogens with two attached hydrogens (primary N) is 1. The molecule has 0 fully saturated rings. The van der Waals surface area contributed by atoms with Gasteiger partial charge in [0, 0.05) is 6.07 Å². The lowest BCUT2D eigenvalue weighted by atomic mass is 10.3. The maximum Gasteiger partial charge on any atom is 0.158 e. The van der Waals surface area contributed by atoms with Crippen LogP contribution in [0.4, 0.5) is 11.6 Å². The summed E-state index contributed by atoms with van der Waals surface area (Å²) in [4.78, 5) is 12.4. The Balaban J connectivity index is 1.70. The summed E-state index contributed by atoms with van der Waals surface area (Å²) in [5, 5.41) is 11.8. The Morgan fingerprint density at radius 3 is 2.88 bits per heavy atom. The van der Waals surface area contributed by atoms with Crippen LogP contribution in [0.15, 0.2) is 49.2 Å². The fourth-order valence-electron chi connectivity index (χ4n) is 2.12. The summed E-state index contributed by atoms with van der Waals surface area (Å²) < 4.78 is 7.53. The van der Waals surface area contributed by atoms with E-state index in [1.807, 2.05) is 41.1 Å². The first-order valence-electron chi connectivity index (χ1n) is 7.75. The van der Waals surface area contributed by atoms with E-state index < -0.39 is 0 Å². The third-order valence-electron chi connectivity index (χ3n) is 3.34. The SMILES string of the molecule is N#Cc1cnc(Nc2cn(-c3cccc(OCCCN)c3)cn2)cn1. The molecule has 126 valence electrons. The Hall–Kier alpha value is -3.44. The molecule has 0 unspecified atom stereocenters. The molecule has 8 nitrogen and oxygen atoms in total. The number of imidazole rings is 1. The van der Waals surface area contributed by atoms with Crippen molar-refractivity contribution in [1.82, 2.24) is 19.5 Å². The van der Waals surface area contributed by atoms with Crippen LogP contribution < -0.4 is 15.8 Å². The summed E-state index contributed by atoms with van der Waals surface area (Å²) in [5.41, 5.74) is 6.66. The number of benzene rings is 1. The van der Waals surface area contributed by atoms with Gasteiger partial charge < -0.3 is 20.4 Å². The summed E-state index contributed by atoms with van der Waals surface area (Å²) in [6, 6.07) is 9.65. The Kier molecular flexibility index (Phi) is 5.19. The Morgan fingerprint density at radius 1 is 1.20 bits per heavy atom. The van der Waals surface area contributed by atoms with Crippen LogP contribution in [-0.4, -0.2) is 32.7 Å². The fourth-order valence-corrected chi connectivity index (χ4v) is 2.12. The lowest BCUT2D eigenvalue weighted by molar-refractivity contribution is 0.313. The van der Waals surface area contributed by atoms with Crippen LogP contribution >= 0.6 is 0 Å². The highest BCUT2D eigenvalue weighted by Crippen LogP contribution is 2.19. The molecule has 0 aliphatic heterocycles. The lowest BCUT2D eigenvalue weighted by Crippen LogP contribution is -2.06. The van der Waals surface area contributed by atoms with Gasteiger partial charge in [0.25, 0.3) is 0 Å². The molecule has 8 heteroatoms. The molecular weight excluding hydrogens is 318 g/mol. The summed E-state index contributed by atoms with van der Waals surface area (Å²) in [6.07, 6.45) is 7.23. The van der Waals surface area contributed by atoms with E-state index in [1.165, 1.54) is 12.4 Å². The minimum absolute atomic E-state index is 0.266. The van der Waals surface area contributed by atoms with Crippen molar-refractivity contribution in [3.8, 4) is 17.5 Å². The van der Waals surface area contributed by atoms with Crippen LogP contribution in [0.5, 0.6) is 5.75 Å². The molecule has 0 amide bonds. The van der Waals surface area contributed by atoms with E-state index >= 15 is 0 Å². The van der Waals surface area contributed by atoms with E-state index in [0.717, 1.165) is 17.9 Å². The molecule has 0 saturated carbocycles. The molecule has 0 radical (unpaired) electrons. The van der Waals surface area contributed by atoms with Gasteiger partial charge in [-0.3, -0.25) is 0 Å². The number of anilines is 2. The Bertz CT molecular complexity index is 867. The Morgan fingerprint density at radius 2 is 2.12 bits per heavy atom. The predicted octanol–water partition coefficient (Wildman–Crippen LogP) is 2.01. The van der Waals surface area contributed by atoms with Gasteiger partial charge in [-0.2, -0.15) is 5.26 Å². The minimum Gasteiger partial charge on any atom is -0.493 e. The first-order chi connectivity index (χ1) is 12.3. The molecule has 0 spiro atoms. The molecule has 25 heavy (non-hydrogen) atoms. The largest absolute Gasteiger partial charge is 0.493 e. The van der Waals surface area contributed by atoms with Crippen molar-refractivity contribution in [2.24, 2.45) is 5.73 Å². The van der Waals surface area contributed by atoms with Gasteiger partial charge in [-0.25, -0.2) is 15.0 Å². The number of hydrogen-bond donors (Lipinski definition) is 2. The molecule has 2 heterocycles. The van der Waals surface area contributed by atoms with Crippen LogP contribution in [0.25, 0.3) is 5.69 Å². The maximum absolute atomic E-state index is 8.73. The standard InChI is InChI=1S/C17H17N7O/c18-5-2-6-25-15-4-1-3-14(7-15)24-11-17(22-12-24)23-16-10-20-13(8-19)9-21-16/h1,3-4,7,9-12H,2,5-6,18H2,(H,21,23). The van der Waals surface area contributed by atoms with Crippen molar-refractivity contribution in [3.05, 3.63) is 54.9 Å². The van der Waals surface area contributed by atoms with Crippen LogP contribution in [0.2, 0.25) is 0 Å². The van der Waals surface area contributed by atoms with Gasteiger partial charge in [-0.05, 0) is 25.1 Å². The summed E-state index contributed by atoms with van der Waals surface area (Å²) in [5.74, 6) is 1.92. The molecule has 0 bridgehead atoms. The minimum atomic E-state index is 0.266. The third-order valence-corrected chi connectivity index (χ3v) is 3.34. The average molecular weight is 335 g/mol. The van der Waals surface area contributed by atoms with Gasteiger partial charge in [0.15, 0.2) is 5.69 Å². The van der Waals surface area contributed by atoms with Crippen LogP contribution in [0.1, 0.15) is 12.1 Å². The van der Waals surface area contributed by atoms with Crippen molar-refractivity contribution >= 4 is 11.6 Å². The lowest BCUT2D eigenvalue weighted by Gasteiger charge is -2.08. The first kappa shape index (κ1) is 16.4. The van der Waals surface area contributed by atoms with Crippen molar-refractivity contribution in [2.75, 3.05) is 18.5 Å². The zero-order chi connectivity index (χ0) is 17.5. The summed E-state index contributed by atoms with van der Waals surface area (Å²) in [6.45, 7) is 1.20. The highest BCUT2D eigenvalue weighted by Gasteiger charge is 2.04. The molecule has 3 aromatic rings. The van der Waals surface area contributed by atoms with Crippen molar-refractivity contribution in [3.63, 3.8) is 0 Å². The normalized spacial score (nSPS) is 10.2. The smallest absolute Gasteiger partial charge is 0.158 e. The van der Waals surface area contributed by atoms with Crippen LogP contribution in [-0.2, 0) is 0 Å². The van der Waals surface area contributed by atoms with Gasteiger partial charge in [-0.1, -0.05) is 6.07 Å². The highest BCUT2D eigenvalue weighted by molar-refractivity contribution is 5.51. The second-order valence-corrected chi connectivity index (χ2v) is 5.18. The number of nitriles is 1. The molecule has 0 atom stereocenters. The van der Waals surface area contributed by atoms with E-state index in [2.05, 4.69) is 20.3 Å². The molecule has 2 aromatic heterocycles. The van der Waals surface area contributed by atoms with Crippen molar-refractivity contribution in [2.45, 2.75) is 6.42 Å². The van der Waals surface area contributed by atoms with Gasteiger partial charge in [-0.15, -0.1) is 0 Å². The molecule has 3 rings (SSSR count). The van der Waals surface area contributed by atoms with E-state index in [0.29, 0.717) is 24.8 Å². The average Bonchev–Trinajstić information content (AvgIpc) is 3.11. The monoisotopic (exact) mass is 335 g/mol. The molecule has 1 aromatic carbocycles. The maximum atomic E-state index is 8.73. The predicted molar refractivity (Wildman–Crippen MR) is 92.8 cm³/mol. The van der Waals surface area contributed by atoms with E-state index in [-0.39, 0.29) is 5.69 Å². The van der Waals surface area contributed by atoms with E-state index in [1.54, 1.807) is 6.33 Å². The zero-order valence-electron chi connectivity index (χ0n) is 13.5. The first-order valence-corrected chi connectivity index (χ1v) is 7.75. The topological polar surface area (TPSA) is 115 Å². The van der Waals surface area contributed by atoms with Gasteiger partial charge in [0.1, 0.15) is 29.8 Å². The summed E-state index contributed by atoms with van der Waals surface area (Å²) >= 11 is 0. The van der Waals surface area contributed by atoms with Gasteiger partial charge in [0.05, 0.1) is 30.9 Å². The van der Waals surface area contributed by atoms with Crippen molar-refractivity contribution < 1.29 is 4.74 Å². The number of hydrogen-bond acceptors (Lipinski definition) is 7. The third kappa shape index (κ3) is 4.31. The van der Waals surface area contributed by atoms with Crippen LogP contribution in [0.3, 0.4) is 0 Å². The highest BCUT2D eigenvalue weighted by atomic mass is 16.5. The number of nitrogens with one attached hydrogen (secondary N) is 1. The second-order valence-electron chi connectivity index (χ2n) is 5.18. The number of rotatable bonds is 7. The molecular formula is C17H17N7O. The number of nitrogens with zero attached hydrogens (tertiary/aromatic N) is 5. The van der Waals surface area contributed by atoms with E-state index in [4.69, 9.17) is 15.7 Å². The number of aromatic nitrogens is 4. The van der Waals surface area contributed by atoms with Crippen LogP contribution in [0, 0.1) is 11.3 Å².